The molecule has 134 valence electrons. The summed E-state index contributed by atoms with van der Waals surface area (Å²) in [6.07, 6.45) is 0.692. The molecule has 0 saturated carbocycles. The highest BCUT2D eigenvalue weighted by Crippen LogP contribution is 2.15. The van der Waals surface area contributed by atoms with Gasteiger partial charge >= 0.3 is 11.9 Å². The third kappa shape index (κ3) is 4.65. The van der Waals surface area contributed by atoms with Crippen molar-refractivity contribution in [1.82, 2.24) is 9.78 Å². The number of hydrogen-bond acceptors (Lipinski definition) is 6. The van der Waals surface area contributed by atoms with Gasteiger partial charge in [0, 0.05) is 11.9 Å². The molecule has 0 radical (unpaired) electrons. The maximum atomic E-state index is 12.4. The Morgan fingerprint density at radius 3 is 2.40 bits per heavy atom. The van der Waals surface area contributed by atoms with Crippen LogP contribution in [0.1, 0.15) is 44.6 Å². The summed E-state index contributed by atoms with van der Waals surface area (Å²) in [5.41, 5.74) is -0.920. The first-order valence-corrected chi connectivity index (χ1v) is 8.11. The fraction of sp³-hybridized carbons (Fsp3) is 0.444. The Morgan fingerprint density at radius 1 is 1.16 bits per heavy atom. The Hall–Kier alpha value is -2.70. The van der Waals surface area contributed by atoms with Crippen molar-refractivity contribution in [2.75, 3.05) is 6.61 Å². The maximum absolute atomic E-state index is 12.4. The van der Waals surface area contributed by atoms with E-state index in [4.69, 9.17) is 9.47 Å². The van der Waals surface area contributed by atoms with E-state index in [1.807, 2.05) is 6.92 Å². The summed E-state index contributed by atoms with van der Waals surface area (Å²) in [5.74, 6) is -1.42. The number of esters is 2. The lowest BCUT2D eigenvalue weighted by Crippen LogP contribution is -2.29. The summed E-state index contributed by atoms with van der Waals surface area (Å²) in [4.78, 5) is 36.5. The molecule has 25 heavy (non-hydrogen) atoms. The van der Waals surface area contributed by atoms with Crippen molar-refractivity contribution in [3.05, 3.63) is 40.3 Å². The number of nitrogens with zero attached hydrogens (tertiary/aromatic N) is 2. The minimum absolute atomic E-state index is 0.00667. The van der Waals surface area contributed by atoms with Gasteiger partial charge in [-0.2, -0.15) is 5.10 Å². The van der Waals surface area contributed by atoms with E-state index >= 15 is 0 Å². The second-order valence-corrected chi connectivity index (χ2v) is 6.59. The standard InChI is InChI=1S/C18H22N2O5/c1-5-10-20-16(22)13-9-7-6-8-12(13)15(19-20)17(23)24-11-14(21)25-18(2,3)4/h6-9H,5,10-11H2,1-4H3. The van der Waals surface area contributed by atoms with Gasteiger partial charge < -0.3 is 9.47 Å². The largest absolute Gasteiger partial charge is 0.457 e. The Labute approximate surface area is 145 Å². The molecule has 1 aromatic carbocycles. The number of hydrogen-bond donors (Lipinski definition) is 0. The topological polar surface area (TPSA) is 87.5 Å². The fourth-order valence-electron chi connectivity index (χ4n) is 2.31. The molecule has 0 amide bonds. The summed E-state index contributed by atoms with van der Waals surface area (Å²) in [7, 11) is 0. The van der Waals surface area contributed by atoms with Gasteiger partial charge in [-0.15, -0.1) is 0 Å². The van der Waals surface area contributed by atoms with E-state index in [0.717, 1.165) is 0 Å². The summed E-state index contributed by atoms with van der Waals surface area (Å²) in [6, 6.07) is 6.69. The summed E-state index contributed by atoms with van der Waals surface area (Å²) >= 11 is 0. The molecular formula is C18H22N2O5. The van der Waals surface area contributed by atoms with Crippen molar-refractivity contribution < 1.29 is 19.1 Å². The molecule has 0 saturated heterocycles. The van der Waals surface area contributed by atoms with Crippen molar-refractivity contribution in [3.63, 3.8) is 0 Å². The zero-order chi connectivity index (χ0) is 18.6. The van der Waals surface area contributed by atoms with Gasteiger partial charge in [0.1, 0.15) is 5.60 Å². The van der Waals surface area contributed by atoms with Crippen molar-refractivity contribution in [2.45, 2.75) is 46.3 Å². The van der Waals surface area contributed by atoms with Gasteiger partial charge in [-0.1, -0.05) is 25.1 Å². The highest BCUT2D eigenvalue weighted by Gasteiger charge is 2.21. The molecule has 0 bridgehead atoms. The van der Waals surface area contributed by atoms with Crippen LogP contribution in [-0.2, 0) is 20.8 Å². The summed E-state index contributed by atoms with van der Waals surface area (Å²) in [6.45, 7) is 6.95. The zero-order valence-electron chi connectivity index (χ0n) is 14.9. The maximum Gasteiger partial charge on any atom is 0.360 e. The number of aromatic nitrogens is 2. The molecule has 0 aliphatic rings. The van der Waals surface area contributed by atoms with Crippen LogP contribution >= 0.6 is 0 Å². The van der Waals surface area contributed by atoms with Crippen molar-refractivity contribution in [1.29, 1.82) is 0 Å². The van der Waals surface area contributed by atoms with Gasteiger partial charge in [-0.05, 0) is 33.3 Å². The number of aryl methyl sites for hydroxylation is 1. The number of rotatable bonds is 5. The molecule has 7 nitrogen and oxygen atoms in total. The lowest BCUT2D eigenvalue weighted by atomic mass is 10.1. The minimum Gasteiger partial charge on any atom is -0.457 e. The normalized spacial score (nSPS) is 11.4. The van der Waals surface area contributed by atoms with Crippen LogP contribution in [0.25, 0.3) is 10.8 Å². The van der Waals surface area contributed by atoms with Crippen LogP contribution in [0.2, 0.25) is 0 Å². The Kier molecular flexibility index (Phi) is 5.56. The van der Waals surface area contributed by atoms with Crippen LogP contribution in [0.4, 0.5) is 0 Å². The molecule has 2 rings (SSSR count). The molecule has 7 heteroatoms. The SMILES string of the molecule is CCCn1nc(C(=O)OCC(=O)OC(C)(C)C)c2ccccc2c1=O. The van der Waals surface area contributed by atoms with E-state index in [-0.39, 0.29) is 11.3 Å². The number of carbonyl (C=O) groups excluding carboxylic acids is 2. The second-order valence-electron chi connectivity index (χ2n) is 6.59. The van der Waals surface area contributed by atoms with Crippen LogP contribution in [-0.4, -0.2) is 33.9 Å². The monoisotopic (exact) mass is 346 g/mol. The van der Waals surface area contributed by atoms with Crippen molar-refractivity contribution in [2.24, 2.45) is 0 Å². The van der Waals surface area contributed by atoms with Crippen molar-refractivity contribution in [3.8, 4) is 0 Å². The number of benzene rings is 1. The molecule has 0 N–H and O–H groups in total. The van der Waals surface area contributed by atoms with Crippen molar-refractivity contribution >= 4 is 22.7 Å². The molecule has 0 atom stereocenters. The highest BCUT2D eigenvalue weighted by molar-refractivity contribution is 6.02. The Balaban J connectivity index is 2.30. The first kappa shape index (κ1) is 18.6. The van der Waals surface area contributed by atoms with Gasteiger partial charge in [0.05, 0.1) is 5.39 Å². The highest BCUT2D eigenvalue weighted by atomic mass is 16.6. The first-order chi connectivity index (χ1) is 11.7. The average molecular weight is 346 g/mol. The fourth-order valence-corrected chi connectivity index (χ4v) is 2.31. The molecule has 1 aromatic heterocycles. The van der Waals surface area contributed by atoms with Gasteiger partial charge in [-0.3, -0.25) is 4.79 Å². The number of fused-ring (bicyclic) bond motifs is 1. The predicted molar refractivity (Wildman–Crippen MR) is 92.4 cm³/mol. The van der Waals surface area contributed by atoms with E-state index < -0.39 is 24.1 Å². The minimum atomic E-state index is -0.771. The van der Waals surface area contributed by atoms with E-state index in [1.165, 1.54) is 4.68 Å². The smallest absolute Gasteiger partial charge is 0.360 e. The van der Waals surface area contributed by atoms with E-state index in [2.05, 4.69) is 5.10 Å². The lowest BCUT2D eigenvalue weighted by molar-refractivity contribution is -0.158. The predicted octanol–water partition coefficient (Wildman–Crippen LogP) is 2.30. The number of ether oxygens (including phenoxy) is 2. The van der Waals surface area contributed by atoms with E-state index in [9.17, 15) is 14.4 Å². The average Bonchev–Trinajstić information content (AvgIpc) is 2.54. The molecule has 2 aromatic rings. The zero-order valence-corrected chi connectivity index (χ0v) is 14.9. The summed E-state index contributed by atoms with van der Waals surface area (Å²) < 4.78 is 11.4. The molecule has 0 aliphatic heterocycles. The molecule has 0 unspecified atom stereocenters. The summed E-state index contributed by atoms with van der Waals surface area (Å²) in [5, 5.41) is 4.90. The van der Waals surface area contributed by atoms with E-state index in [1.54, 1.807) is 45.0 Å². The first-order valence-electron chi connectivity index (χ1n) is 8.11. The molecule has 0 spiro atoms. The quantitative estimate of drug-likeness (QED) is 0.772. The van der Waals surface area contributed by atoms with Crippen LogP contribution in [0.3, 0.4) is 0 Å². The van der Waals surface area contributed by atoms with Crippen LogP contribution in [0, 0.1) is 0 Å². The van der Waals surface area contributed by atoms with Crippen LogP contribution in [0.5, 0.6) is 0 Å². The Morgan fingerprint density at radius 2 is 1.80 bits per heavy atom. The third-order valence-electron chi connectivity index (χ3n) is 3.24. The van der Waals surface area contributed by atoms with Crippen LogP contribution in [0.15, 0.2) is 29.1 Å². The second kappa shape index (κ2) is 7.46. The third-order valence-corrected chi connectivity index (χ3v) is 3.24. The molecule has 1 heterocycles. The molecule has 0 aliphatic carbocycles. The number of carbonyl (C=O) groups is 2. The van der Waals surface area contributed by atoms with Gasteiger partial charge in [0.25, 0.3) is 5.56 Å². The van der Waals surface area contributed by atoms with Crippen LogP contribution < -0.4 is 5.56 Å². The molecular weight excluding hydrogens is 324 g/mol. The lowest BCUT2D eigenvalue weighted by Gasteiger charge is -2.19. The van der Waals surface area contributed by atoms with Gasteiger partial charge in [0.2, 0.25) is 0 Å². The van der Waals surface area contributed by atoms with E-state index in [0.29, 0.717) is 23.7 Å². The molecule has 0 fully saturated rings. The Bertz CT molecular complexity index is 849. The van der Waals surface area contributed by atoms with Gasteiger partial charge in [0.15, 0.2) is 12.3 Å². The van der Waals surface area contributed by atoms with Gasteiger partial charge in [-0.25, -0.2) is 14.3 Å².